The van der Waals surface area contributed by atoms with Crippen molar-refractivity contribution in [3.63, 3.8) is 0 Å². The molecule has 1 aliphatic heterocycles. The van der Waals surface area contributed by atoms with Gasteiger partial charge in [0.1, 0.15) is 34.4 Å². The van der Waals surface area contributed by atoms with Crippen molar-refractivity contribution in [1.82, 2.24) is 19.9 Å². The molecule has 0 unspecified atom stereocenters. The molecule has 218 valence electrons. The molecular weight excluding hydrogens is 566 g/mol. The molecule has 10 nitrogen and oxygen atoms in total. The van der Waals surface area contributed by atoms with Gasteiger partial charge in [0, 0.05) is 48.4 Å². The van der Waals surface area contributed by atoms with E-state index in [1.54, 1.807) is 4.90 Å². The van der Waals surface area contributed by atoms with E-state index in [-0.39, 0.29) is 29.6 Å². The minimum atomic E-state index is -4.44. The lowest BCUT2D eigenvalue weighted by Crippen LogP contribution is -2.58. The van der Waals surface area contributed by atoms with E-state index >= 15 is 0 Å². The van der Waals surface area contributed by atoms with Crippen molar-refractivity contribution in [3.8, 4) is 17.0 Å². The van der Waals surface area contributed by atoms with Crippen LogP contribution in [0.4, 0.5) is 20.3 Å². The number of carbonyl (C=O) groups excluding carboxylic acids is 1. The third-order valence-electron chi connectivity index (χ3n) is 7.14. The van der Waals surface area contributed by atoms with Gasteiger partial charge < -0.3 is 14.5 Å². The second-order valence-electron chi connectivity index (χ2n) is 9.94. The first-order valence-corrected chi connectivity index (χ1v) is 14.5. The summed E-state index contributed by atoms with van der Waals surface area (Å²) in [5.74, 6) is -1.59. The summed E-state index contributed by atoms with van der Waals surface area (Å²) in [4.78, 5) is 28.8. The Morgan fingerprint density at radius 2 is 1.83 bits per heavy atom. The number of nitrogens with one attached hydrogen (secondary N) is 1. The highest BCUT2D eigenvalue weighted by Gasteiger charge is 2.32. The number of aromatic nitrogens is 3. The number of sulfonamides is 1. The van der Waals surface area contributed by atoms with Gasteiger partial charge in [-0.2, -0.15) is 0 Å². The number of carbonyl (C=O) groups is 1. The number of nitrogens with zero attached hydrogens (tertiary/aromatic N) is 5. The topological polar surface area (TPSA) is 118 Å². The van der Waals surface area contributed by atoms with Gasteiger partial charge in [0.15, 0.2) is 0 Å². The normalized spacial score (nSPS) is 17.3. The Hall–Kier alpha value is -4.65. The van der Waals surface area contributed by atoms with Crippen LogP contribution in [0, 0.1) is 11.6 Å². The molecule has 5 rings (SSSR count). The smallest absolute Gasteiger partial charge is 0.264 e. The van der Waals surface area contributed by atoms with Crippen LogP contribution in [0.2, 0.25) is 0 Å². The summed E-state index contributed by atoms with van der Waals surface area (Å²) in [6.45, 7) is 8.64. The number of anilines is 2. The first-order valence-electron chi connectivity index (χ1n) is 13.0. The summed E-state index contributed by atoms with van der Waals surface area (Å²) in [7, 11) is -3.12. The second-order valence-corrected chi connectivity index (χ2v) is 11.6. The number of rotatable bonds is 7. The quantitative estimate of drug-likeness (QED) is 0.313. The zero-order chi connectivity index (χ0) is 30.2. The molecule has 4 aromatic rings. The van der Waals surface area contributed by atoms with Crippen LogP contribution in [-0.2, 0) is 14.8 Å². The maximum atomic E-state index is 14.3. The number of halogens is 2. The van der Waals surface area contributed by atoms with Crippen LogP contribution >= 0.6 is 0 Å². The van der Waals surface area contributed by atoms with Gasteiger partial charge in [-0.15, -0.1) is 0 Å². The highest BCUT2D eigenvalue weighted by Crippen LogP contribution is 2.34. The number of fused-ring (bicyclic) bond motifs is 1. The second kappa shape index (κ2) is 11.3. The molecule has 0 radical (unpaired) electrons. The number of benzene rings is 2. The van der Waals surface area contributed by atoms with Crippen molar-refractivity contribution in [3.05, 3.63) is 79.3 Å². The molecule has 2 atom stereocenters. The van der Waals surface area contributed by atoms with Crippen molar-refractivity contribution >= 4 is 38.3 Å². The molecular formula is C29H28F2N6O4S. The third kappa shape index (κ3) is 5.47. The van der Waals surface area contributed by atoms with Crippen molar-refractivity contribution < 1.29 is 26.7 Å². The average molecular weight is 595 g/mol. The van der Waals surface area contributed by atoms with E-state index in [0.29, 0.717) is 41.6 Å². The molecule has 42 heavy (non-hydrogen) atoms. The number of hydrogen-bond donors (Lipinski definition) is 1. The molecule has 2 aromatic carbocycles. The molecule has 1 N–H and O–H groups in total. The summed E-state index contributed by atoms with van der Waals surface area (Å²) in [6, 6.07) is 9.11. The molecule has 2 aromatic heterocycles. The van der Waals surface area contributed by atoms with Crippen LogP contribution < -0.4 is 14.4 Å². The van der Waals surface area contributed by atoms with Gasteiger partial charge in [-0.1, -0.05) is 12.6 Å². The highest BCUT2D eigenvalue weighted by molar-refractivity contribution is 7.92. The zero-order valence-corrected chi connectivity index (χ0v) is 23.9. The van der Waals surface area contributed by atoms with Gasteiger partial charge in [0.25, 0.3) is 10.0 Å². The summed E-state index contributed by atoms with van der Waals surface area (Å²) >= 11 is 0. The molecule has 1 amide bonds. The molecule has 0 saturated carbocycles. The monoisotopic (exact) mass is 594 g/mol. The number of piperazine rings is 1. The van der Waals surface area contributed by atoms with Crippen molar-refractivity contribution in [2.24, 2.45) is 0 Å². The fourth-order valence-corrected chi connectivity index (χ4v) is 6.14. The highest BCUT2D eigenvalue weighted by atomic mass is 32.2. The number of pyridine rings is 1. The molecule has 1 fully saturated rings. The molecule has 13 heteroatoms. The van der Waals surface area contributed by atoms with E-state index in [2.05, 4.69) is 31.2 Å². The van der Waals surface area contributed by atoms with Gasteiger partial charge in [0.2, 0.25) is 11.8 Å². The SMILES string of the molecule is C=CC(=O)N1C[C@H](C)N(c2ncnc3ccc(-c4cnc(OC)c(NS(=O)(=O)c5ccc(F)cc5F)c4)cc23)C[C@H]1C. The Bertz CT molecular complexity index is 1800. The van der Waals surface area contributed by atoms with E-state index in [0.717, 1.165) is 17.5 Å². The van der Waals surface area contributed by atoms with Crippen LogP contribution in [0.25, 0.3) is 22.0 Å². The van der Waals surface area contributed by atoms with Crippen molar-refractivity contribution in [2.75, 3.05) is 29.8 Å². The Kier molecular flexibility index (Phi) is 7.78. The fraction of sp³-hybridized carbons (Fsp3) is 0.241. The molecule has 3 heterocycles. The molecule has 0 aliphatic carbocycles. The Balaban J connectivity index is 1.52. The zero-order valence-electron chi connectivity index (χ0n) is 23.1. The third-order valence-corrected chi connectivity index (χ3v) is 8.53. The number of amides is 1. The van der Waals surface area contributed by atoms with Gasteiger partial charge in [-0.25, -0.2) is 32.2 Å². The number of ether oxygens (including phenoxy) is 1. The number of hydrogen-bond acceptors (Lipinski definition) is 8. The molecule has 0 spiro atoms. The molecule has 0 bridgehead atoms. The van der Waals surface area contributed by atoms with Gasteiger partial charge in [-0.05, 0) is 55.8 Å². The van der Waals surface area contributed by atoms with Crippen molar-refractivity contribution in [2.45, 2.75) is 30.8 Å². The number of methoxy groups -OCH3 is 1. The predicted octanol–water partition coefficient (Wildman–Crippen LogP) is 4.39. The van der Waals surface area contributed by atoms with Gasteiger partial charge in [-0.3, -0.25) is 9.52 Å². The van der Waals surface area contributed by atoms with E-state index in [4.69, 9.17) is 4.74 Å². The molecule has 1 aliphatic rings. The van der Waals surface area contributed by atoms with Crippen LogP contribution in [0.1, 0.15) is 13.8 Å². The minimum absolute atomic E-state index is 0.0335. The lowest BCUT2D eigenvalue weighted by molar-refractivity contribution is -0.128. The van der Waals surface area contributed by atoms with Crippen LogP contribution in [0.15, 0.2) is 72.5 Å². The van der Waals surface area contributed by atoms with Crippen molar-refractivity contribution in [1.29, 1.82) is 0 Å². The summed E-state index contributed by atoms with van der Waals surface area (Å²) in [5, 5.41) is 0.754. The summed E-state index contributed by atoms with van der Waals surface area (Å²) in [6.07, 6.45) is 4.33. The first kappa shape index (κ1) is 28.9. The summed E-state index contributed by atoms with van der Waals surface area (Å²) in [5.41, 5.74) is 1.88. The van der Waals surface area contributed by atoms with Crippen LogP contribution in [0.3, 0.4) is 0 Å². The van der Waals surface area contributed by atoms with E-state index in [1.807, 2.05) is 32.0 Å². The maximum absolute atomic E-state index is 14.3. The first-order chi connectivity index (χ1) is 20.0. The standard InChI is InChI=1S/C29H28F2N6O4S/c1-5-27(38)36-14-18(3)37(15-17(36)2)28-22-10-19(6-8-24(22)33-16-34-28)20-11-25(29(41-4)32-13-20)35-42(39,40)26-9-7-21(30)12-23(26)31/h5-13,16-18,35H,1,14-15H2,2-4H3/t17-,18+/m1/s1. The Morgan fingerprint density at radius 3 is 2.55 bits per heavy atom. The fourth-order valence-electron chi connectivity index (χ4n) is 5.04. The largest absolute Gasteiger partial charge is 0.480 e. The molecule has 1 saturated heterocycles. The minimum Gasteiger partial charge on any atom is -0.480 e. The predicted molar refractivity (Wildman–Crippen MR) is 155 cm³/mol. The lowest BCUT2D eigenvalue weighted by atomic mass is 10.0. The van der Waals surface area contributed by atoms with Gasteiger partial charge >= 0.3 is 0 Å². The van der Waals surface area contributed by atoms with Crippen LogP contribution in [0.5, 0.6) is 5.88 Å². The van der Waals surface area contributed by atoms with E-state index in [1.165, 1.54) is 31.8 Å². The average Bonchev–Trinajstić information content (AvgIpc) is 2.96. The van der Waals surface area contributed by atoms with Crippen LogP contribution in [-0.4, -0.2) is 66.5 Å². The lowest BCUT2D eigenvalue weighted by Gasteiger charge is -2.44. The van der Waals surface area contributed by atoms with E-state index < -0.39 is 26.6 Å². The van der Waals surface area contributed by atoms with E-state index in [9.17, 15) is 22.0 Å². The Morgan fingerprint density at radius 1 is 1.05 bits per heavy atom. The van der Waals surface area contributed by atoms with Gasteiger partial charge in [0.05, 0.1) is 12.6 Å². The Labute approximate surface area is 241 Å². The summed E-state index contributed by atoms with van der Waals surface area (Å²) < 4.78 is 61.2. The maximum Gasteiger partial charge on any atom is 0.264 e.